The third-order valence-corrected chi connectivity index (χ3v) is 2.69. The van der Waals surface area contributed by atoms with Crippen molar-refractivity contribution in [3.8, 4) is 0 Å². The van der Waals surface area contributed by atoms with E-state index >= 15 is 0 Å². The average molecular weight is 209 g/mol. The molecule has 15 heavy (non-hydrogen) atoms. The van der Waals surface area contributed by atoms with Crippen LogP contribution < -0.4 is 5.73 Å². The van der Waals surface area contributed by atoms with E-state index in [4.69, 9.17) is 5.73 Å². The highest BCUT2D eigenvalue weighted by Crippen LogP contribution is 2.27. The summed E-state index contributed by atoms with van der Waals surface area (Å²) in [4.78, 5) is 0. The second-order valence-electron chi connectivity index (χ2n) is 3.88. The van der Waals surface area contributed by atoms with Gasteiger partial charge in [0.05, 0.1) is 0 Å². The van der Waals surface area contributed by atoms with E-state index in [0.717, 1.165) is 36.5 Å². The molecule has 2 rings (SSSR count). The molecule has 0 aromatic heterocycles. The molecule has 3 heteroatoms. The van der Waals surface area contributed by atoms with Crippen LogP contribution in [0.1, 0.15) is 24.8 Å². The van der Waals surface area contributed by atoms with Crippen LogP contribution in [0.15, 0.2) is 24.3 Å². The van der Waals surface area contributed by atoms with E-state index < -0.39 is 11.6 Å². The molecule has 0 fully saturated rings. The molecule has 0 amide bonds. The van der Waals surface area contributed by atoms with E-state index in [2.05, 4.69) is 0 Å². The van der Waals surface area contributed by atoms with Gasteiger partial charge in [0.15, 0.2) is 11.6 Å². The fourth-order valence-electron chi connectivity index (χ4n) is 1.89. The fraction of sp³-hybridized carbons (Fsp3) is 0.333. The monoisotopic (exact) mass is 209 g/mol. The lowest BCUT2D eigenvalue weighted by atomic mass is 9.91. The van der Waals surface area contributed by atoms with Gasteiger partial charge in [0.2, 0.25) is 0 Å². The van der Waals surface area contributed by atoms with Crippen LogP contribution in [0.3, 0.4) is 0 Å². The third-order valence-electron chi connectivity index (χ3n) is 2.69. The molecular formula is C12H13F2N. The van der Waals surface area contributed by atoms with Gasteiger partial charge in [-0.05, 0) is 42.5 Å². The van der Waals surface area contributed by atoms with Gasteiger partial charge in [-0.25, -0.2) is 8.78 Å². The molecule has 1 aromatic rings. The van der Waals surface area contributed by atoms with Crippen LogP contribution in [0, 0.1) is 11.6 Å². The van der Waals surface area contributed by atoms with Crippen molar-refractivity contribution in [2.45, 2.75) is 25.3 Å². The zero-order chi connectivity index (χ0) is 10.8. The van der Waals surface area contributed by atoms with Crippen molar-refractivity contribution < 1.29 is 8.78 Å². The quantitative estimate of drug-likeness (QED) is 0.756. The minimum atomic E-state index is -0.806. The standard InChI is InChI=1S/C12H13F2N/c13-11-5-4-9(7-12(11)14)8-2-1-3-10(15)6-8/h4-7,10H,1-3,15H2. The van der Waals surface area contributed by atoms with E-state index in [-0.39, 0.29) is 6.04 Å². The molecule has 1 nitrogen and oxygen atoms in total. The minimum absolute atomic E-state index is 0.0434. The number of rotatable bonds is 1. The van der Waals surface area contributed by atoms with E-state index in [1.165, 1.54) is 6.07 Å². The highest BCUT2D eigenvalue weighted by molar-refractivity contribution is 5.66. The van der Waals surface area contributed by atoms with Crippen molar-refractivity contribution >= 4 is 5.57 Å². The van der Waals surface area contributed by atoms with Crippen LogP contribution >= 0.6 is 0 Å². The number of nitrogens with two attached hydrogens (primary N) is 1. The number of benzene rings is 1. The van der Waals surface area contributed by atoms with Crippen molar-refractivity contribution in [3.63, 3.8) is 0 Å². The van der Waals surface area contributed by atoms with Gasteiger partial charge in [-0.2, -0.15) is 0 Å². The highest BCUT2D eigenvalue weighted by atomic mass is 19.2. The summed E-state index contributed by atoms with van der Waals surface area (Å²) in [6, 6.07) is 4.04. The van der Waals surface area contributed by atoms with Gasteiger partial charge in [0.1, 0.15) is 0 Å². The Kier molecular flexibility index (Phi) is 2.82. The first-order chi connectivity index (χ1) is 7.16. The lowest BCUT2D eigenvalue weighted by Crippen LogP contribution is -2.20. The summed E-state index contributed by atoms with van der Waals surface area (Å²) in [6.45, 7) is 0. The molecule has 0 aliphatic heterocycles. The Morgan fingerprint density at radius 3 is 2.67 bits per heavy atom. The van der Waals surface area contributed by atoms with Crippen LogP contribution in [-0.4, -0.2) is 6.04 Å². The molecule has 0 saturated heterocycles. The van der Waals surface area contributed by atoms with Crippen LogP contribution in [0.25, 0.3) is 5.57 Å². The molecule has 0 heterocycles. The maximum Gasteiger partial charge on any atom is 0.159 e. The highest BCUT2D eigenvalue weighted by Gasteiger charge is 2.12. The summed E-state index contributed by atoms with van der Waals surface area (Å²) in [5, 5.41) is 0. The van der Waals surface area contributed by atoms with E-state index in [1.54, 1.807) is 6.07 Å². The second kappa shape index (κ2) is 4.11. The smallest absolute Gasteiger partial charge is 0.159 e. The van der Waals surface area contributed by atoms with Crippen molar-refractivity contribution in [2.24, 2.45) is 5.73 Å². The third kappa shape index (κ3) is 2.23. The Morgan fingerprint density at radius 2 is 2.00 bits per heavy atom. The van der Waals surface area contributed by atoms with Crippen LogP contribution in [0.2, 0.25) is 0 Å². The maximum absolute atomic E-state index is 13.0. The first kappa shape index (κ1) is 10.3. The van der Waals surface area contributed by atoms with Gasteiger partial charge in [0, 0.05) is 6.04 Å². The first-order valence-corrected chi connectivity index (χ1v) is 5.08. The van der Waals surface area contributed by atoms with Crippen LogP contribution in [-0.2, 0) is 0 Å². The second-order valence-corrected chi connectivity index (χ2v) is 3.88. The van der Waals surface area contributed by atoms with Crippen molar-refractivity contribution in [1.29, 1.82) is 0 Å². The fourth-order valence-corrected chi connectivity index (χ4v) is 1.89. The topological polar surface area (TPSA) is 26.0 Å². The first-order valence-electron chi connectivity index (χ1n) is 5.08. The van der Waals surface area contributed by atoms with Crippen molar-refractivity contribution in [2.75, 3.05) is 0 Å². The molecule has 0 radical (unpaired) electrons. The Balaban J connectivity index is 2.33. The molecule has 1 aromatic carbocycles. The minimum Gasteiger partial charge on any atom is -0.324 e. The molecule has 1 atom stereocenters. The molecule has 1 unspecified atom stereocenters. The predicted octanol–water partition coefficient (Wildman–Crippen LogP) is 2.86. The molecule has 0 bridgehead atoms. The van der Waals surface area contributed by atoms with Gasteiger partial charge in [-0.3, -0.25) is 0 Å². The average Bonchev–Trinajstić information content (AvgIpc) is 2.22. The molecular weight excluding hydrogens is 196 g/mol. The molecule has 2 N–H and O–H groups in total. The largest absolute Gasteiger partial charge is 0.324 e. The van der Waals surface area contributed by atoms with Gasteiger partial charge in [-0.1, -0.05) is 12.1 Å². The molecule has 1 aliphatic rings. The van der Waals surface area contributed by atoms with Crippen LogP contribution in [0.4, 0.5) is 8.78 Å². The maximum atomic E-state index is 13.0. The number of hydrogen-bond acceptors (Lipinski definition) is 1. The Labute approximate surface area is 87.6 Å². The molecule has 1 aliphatic carbocycles. The van der Waals surface area contributed by atoms with E-state index in [9.17, 15) is 8.78 Å². The van der Waals surface area contributed by atoms with Crippen LogP contribution in [0.5, 0.6) is 0 Å². The van der Waals surface area contributed by atoms with Gasteiger partial charge < -0.3 is 5.73 Å². The zero-order valence-electron chi connectivity index (χ0n) is 8.34. The summed E-state index contributed by atoms with van der Waals surface area (Å²) in [5.74, 6) is -1.60. The number of hydrogen-bond donors (Lipinski definition) is 1. The Bertz CT molecular complexity index is 399. The van der Waals surface area contributed by atoms with Gasteiger partial charge >= 0.3 is 0 Å². The molecule has 80 valence electrons. The summed E-state index contributed by atoms with van der Waals surface area (Å²) in [7, 11) is 0. The summed E-state index contributed by atoms with van der Waals surface area (Å²) in [5.41, 5.74) is 7.55. The SMILES string of the molecule is NC1C=C(c2ccc(F)c(F)c2)CCC1. The summed E-state index contributed by atoms with van der Waals surface area (Å²) < 4.78 is 25.7. The number of halogens is 2. The number of allylic oxidation sites excluding steroid dienone is 1. The molecule has 0 spiro atoms. The summed E-state index contributed by atoms with van der Waals surface area (Å²) >= 11 is 0. The van der Waals surface area contributed by atoms with E-state index in [0.29, 0.717) is 0 Å². The lowest BCUT2D eigenvalue weighted by molar-refractivity contribution is 0.508. The van der Waals surface area contributed by atoms with Crippen molar-refractivity contribution in [3.05, 3.63) is 41.5 Å². The Hall–Kier alpha value is -1.22. The van der Waals surface area contributed by atoms with Gasteiger partial charge in [0.25, 0.3) is 0 Å². The van der Waals surface area contributed by atoms with Gasteiger partial charge in [-0.15, -0.1) is 0 Å². The summed E-state index contributed by atoms with van der Waals surface area (Å²) in [6.07, 6.45) is 4.80. The lowest BCUT2D eigenvalue weighted by Gasteiger charge is -2.17. The Morgan fingerprint density at radius 1 is 1.20 bits per heavy atom. The predicted molar refractivity (Wildman–Crippen MR) is 56.2 cm³/mol. The van der Waals surface area contributed by atoms with E-state index in [1.807, 2.05) is 6.08 Å². The normalized spacial score (nSPS) is 21.3. The zero-order valence-corrected chi connectivity index (χ0v) is 8.34. The van der Waals surface area contributed by atoms with Crippen molar-refractivity contribution in [1.82, 2.24) is 0 Å². The molecule has 0 saturated carbocycles.